The first kappa shape index (κ1) is 23.5. The largest absolute Gasteiger partial charge is 0.448 e. The Bertz CT molecular complexity index is 1380. The van der Waals surface area contributed by atoms with Crippen molar-refractivity contribution >= 4 is 62.3 Å². The lowest BCUT2D eigenvalue weighted by Crippen LogP contribution is -2.29. The average molecular weight is 497 g/mol. The van der Waals surface area contributed by atoms with Gasteiger partial charge in [-0.05, 0) is 68.4 Å². The highest BCUT2D eigenvalue weighted by Crippen LogP contribution is 2.31. The van der Waals surface area contributed by atoms with E-state index in [0.717, 1.165) is 21.6 Å². The molecule has 0 bridgehead atoms. The lowest BCUT2D eigenvalue weighted by Gasteiger charge is -2.13. The van der Waals surface area contributed by atoms with Crippen LogP contribution in [0.4, 0.5) is 11.4 Å². The van der Waals surface area contributed by atoms with Gasteiger partial charge in [0.1, 0.15) is 9.71 Å². The van der Waals surface area contributed by atoms with Crippen LogP contribution in [0.2, 0.25) is 5.02 Å². The van der Waals surface area contributed by atoms with Gasteiger partial charge in [0.2, 0.25) is 5.91 Å². The fourth-order valence-electron chi connectivity index (χ4n) is 3.26. The summed E-state index contributed by atoms with van der Waals surface area (Å²) in [7, 11) is 0. The number of hydrogen-bond acceptors (Lipinski definition) is 6. The average Bonchev–Trinajstić information content (AvgIpc) is 3.36. The fraction of sp³-hybridized carbons (Fsp3) is 0.167. The molecule has 2 N–H and O–H groups in total. The van der Waals surface area contributed by atoms with Crippen molar-refractivity contribution in [1.82, 2.24) is 9.78 Å². The second kappa shape index (κ2) is 9.66. The number of rotatable bonds is 6. The molecular formula is C24H21ClN4O4S. The van der Waals surface area contributed by atoms with E-state index in [1.165, 1.54) is 25.2 Å². The summed E-state index contributed by atoms with van der Waals surface area (Å²) in [6, 6.07) is 15.6. The minimum absolute atomic E-state index is 0.186. The molecule has 0 fully saturated rings. The first-order valence-electron chi connectivity index (χ1n) is 10.4. The molecule has 2 aromatic carbocycles. The first-order chi connectivity index (χ1) is 16.2. The van der Waals surface area contributed by atoms with Crippen molar-refractivity contribution in [3.05, 3.63) is 70.2 Å². The molecule has 0 aliphatic carbocycles. The maximum absolute atomic E-state index is 12.8. The highest BCUT2D eigenvalue weighted by atomic mass is 35.5. The van der Waals surface area contributed by atoms with Crippen LogP contribution in [-0.4, -0.2) is 33.7 Å². The summed E-state index contributed by atoms with van der Waals surface area (Å²) in [6.45, 7) is 4.79. The summed E-state index contributed by atoms with van der Waals surface area (Å²) in [5.74, 6) is -1.24. The number of fused-ring (bicyclic) bond motifs is 1. The number of carbonyl (C=O) groups excluding carboxylic acids is 3. The number of benzene rings is 2. The number of aryl methyl sites for hydroxylation is 1. The summed E-state index contributed by atoms with van der Waals surface area (Å²) in [4.78, 5) is 37.5. The van der Waals surface area contributed by atoms with E-state index in [1.54, 1.807) is 47.1 Å². The number of anilines is 2. The van der Waals surface area contributed by atoms with Crippen LogP contribution in [0.1, 0.15) is 29.2 Å². The van der Waals surface area contributed by atoms with Crippen molar-refractivity contribution in [2.24, 2.45) is 0 Å². The summed E-state index contributed by atoms with van der Waals surface area (Å²) < 4.78 is 7.16. The first-order valence-corrected chi connectivity index (χ1v) is 11.6. The van der Waals surface area contributed by atoms with Crippen molar-refractivity contribution in [3.63, 3.8) is 0 Å². The van der Waals surface area contributed by atoms with Gasteiger partial charge in [0.05, 0.1) is 11.4 Å². The Kier molecular flexibility index (Phi) is 6.67. The number of ether oxygens (including phenoxy) is 1. The lowest BCUT2D eigenvalue weighted by atomic mass is 10.2. The third-order valence-electron chi connectivity index (χ3n) is 4.94. The molecule has 0 saturated carbocycles. The summed E-state index contributed by atoms with van der Waals surface area (Å²) in [5.41, 5.74) is 2.72. The summed E-state index contributed by atoms with van der Waals surface area (Å²) >= 11 is 7.22. The predicted molar refractivity (Wildman–Crippen MR) is 133 cm³/mol. The molecule has 34 heavy (non-hydrogen) atoms. The number of thiophene rings is 1. The zero-order valence-corrected chi connectivity index (χ0v) is 20.2. The maximum atomic E-state index is 12.8. The van der Waals surface area contributed by atoms with E-state index in [-0.39, 0.29) is 5.91 Å². The smallest absolute Gasteiger partial charge is 0.349 e. The Morgan fingerprint density at radius 2 is 1.65 bits per heavy atom. The zero-order valence-electron chi connectivity index (χ0n) is 18.6. The van der Waals surface area contributed by atoms with E-state index >= 15 is 0 Å². The van der Waals surface area contributed by atoms with Crippen molar-refractivity contribution in [2.75, 3.05) is 10.6 Å². The standard InChI is InChI=1S/C24H21ClN4O4S/c1-13-20-12-21(34-23(20)29(28-13)19-10-4-16(25)5-11-19)24(32)33-14(2)22(31)27-18-8-6-17(7-9-18)26-15(3)30/h4-12,14H,1-3H3,(H,26,30)(H,27,31). The monoisotopic (exact) mass is 496 g/mol. The second-order valence-electron chi connectivity index (χ2n) is 7.60. The van der Waals surface area contributed by atoms with Crippen LogP contribution in [0.25, 0.3) is 15.9 Å². The van der Waals surface area contributed by atoms with Crippen LogP contribution in [-0.2, 0) is 14.3 Å². The molecule has 0 radical (unpaired) electrons. The molecule has 0 aliphatic rings. The van der Waals surface area contributed by atoms with Crippen LogP contribution < -0.4 is 10.6 Å². The molecule has 1 unspecified atom stereocenters. The minimum atomic E-state index is -1.01. The molecule has 4 aromatic rings. The normalized spacial score (nSPS) is 11.8. The van der Waals surface area contributed by atoms with Crippen molar-refractivity contribution in [3.8, 4) is 5.69 Å². The van der Waals surface area contributed by atoms with E-state index < -0.39 is 18.0 Å². The van der Waals surface area contributed by atoms with Gasteiger partial charge in [-0.2, -0.15) is 5.10 Å². The highest BCUT2D eigenvalue weighted by Gasteiger charge is 2.23. The second-order valence-corrected chi connectivity index (χ2v) is 9.07. The Morgan fingerprint density at radius 3 is 2.26 bits per heavy atom. The van der Waals surface area contributed by atoms with Crippen LogP contribution in [0.5, 0.6) is 0 Å². The van der Waals surface area contributed by atoms with Crippen LogP contribution >= 0.6 is 22.9 Å². The number of hydrogen-bond donors (Lipinski definition) is 2. The van der Waals surface area contributed by atoms with E-state index in [1.807, 2.05) is 19.1 Å². The molecule has 2 heterocycles. The van der Waals surface area contributed by atoms with Gasteiger partial charge in [0.15, 0.2) is 6.10 Å². The van der Waals surface area contributed by atoms with Crippen molar-refractivity contribution < 1.29 is 19.1 Å². The minimum Gasteiger partial charge on any atom is -0.448 e. The van der Waals surface area contributed by atoms with Crippen molar-refractivity contribution in [2.45, 2.75) is 26.9 Å². The van der Waals surface area contributed by atoms with Gasteiger partial charge in [0, 0.05) is 28.7 Å². The molecule has 8 nitrogen and oxygen atoms in total. The maximum Gasteiger partial charge on any atom is 0.349 e. The number of halogens is 1. The third kappa shape index (κ3) is 5.11. The number of nitrogens with one attached hydrogen (secondary N) is 2. The lowest BCUT2D eigenvalue weighted by molar-refractivity contribution is -0.123. The molecule has 2 amide bonds. The number of amides is 2. The predicted octanol–water partition coefficient (Wildman–Crippen LogP) is 5.19. The van der Waals surface area contributed by atoms with E-state index in [4.69, 9.17) is 16.3 Å². The van der Waals surface area contributed by atoms with E-state index in [2.05, 4.69) is 15.7 Å². The van der Waals surface area contributed by atoms with Gasteiger partial charge in [0.25, 0.3) is 5.91 Å². The van der Waals surface area contributed by atoms with Gasteiger partial charge < -0.3 is 15.4 Å². The molecule has 10 heteroatoms. The van der Waals surface area contributed by atoms with Crippen LogP contribution in [0.3, 0.4) is 0 Å². The topological polar surface area (TPSA) is 102 Å². The molecule has 1 atom stereocenters. The Balaban J connectivity index is 1.45. The molecule has 0 spiro atoms. The fourth-order valence-corrected chi connectivity index (χ4v) is 4.45. The molecule has 0 aliphatic heterocycles. The Labute approximate surface area is 204 Å². The zero-order chi connectivity index (χ0) is 24.4. The van der Waals surface area contributed by atoms with Gasteiger partial charge in [-0.15, -0.1) is 11.3 Å². The summed E-state index contributed by atoms with van der Waals surface area (Å²) in [6.07, 6.45) is -1.01. The Morgan fingerprint density at radius 1 is 1.03 bits per heavy atom. The van der Waals surface area contributed by atoms with E-state index in [9.17, 15) is 14.4 Å². The van der Waals surface area contributed by atoms with E-state index in [0.29, 0.717) is 21.3 Å². The van der Waals surface area contributed by atoms with Crippen LogP contribution in [0, 0.1) is 6.92 Å². The van der Waals surface area contributed by atoms with Gasteiger partial charge in [-0.25, -0.2) is 9.48 Å². The number of nitrogens with zero attached hydrogens (tertiary/aromatic N) is 2. The van der Waals surface area contributed by atoms with Gasteiger partial charge in [-0.3, -0.25) is 9.59 Å². The summed E-state index contributed by atoms with van der Waals surface area (Å²) in [5, 5.41) is 11.4. The molecular weight excluding hydrogens is 476 g/mol. The number of esters is 1. The van der Waals surface area contributed by atoms with Crippen molar-refractivity contribution in [1.29, 1.82) is 0 Å². The quantitative estimate of drug-likeness (QED) is 0.357. The number of carbonyl (C=O) groups is 3. The molecule has 2 aromatic heterocycles. The molecule has 174 valence electrons. The molecule has 0 saturated heterocycles. The molecule has 4 rings (SSSR count). The van der Waals surface area contributed by atoms with Gasteiger partial charge >= 0.3 is 5.97 Å². The van der Waals surface area contributed by atoms with Crippen LogP contribution in [0.15, 0.2) is 54.6 Å². The Hall–Kier alpha value is -3.69. The third-order valence-corrected chi connectivity index (χ3v) is 6.29. The number of aromatic nitrogens is 2. The SMILES string of the molecule is CC(=O)Nc1ccc(NC(=O)C(C)OC(=O)c2cc3c(C)nn(-c4ccc(Cl)cc4)c3s2)cc1. The van der Waals surface area contributed by atoms with Gasteiger partial charge in [-0.1, -0.05) is 11.6 Å². The highest BCUT2D eigenvalue weighted by molar-refractivity contribution is 7.20.